The third-order valence-corrected chi connectivity index (χ3v) is 4.29. The maximum Gasteiger partial charge on any atom is 0.405 e. The van der Waals surface area contributed by atoms with Crippen LogP contribution in [0.15, 0.2) is 12.1 Å². The minimum Gasteiger partial charge on any atom is -0.491 e. The topological polar surface area (TPSA) is 84.6 Å². The van der Waals surface area contributed by atoms with E-state index in [-0.39, 0.29) is 6.04 Å². The molecule has 2 aliphatic rings. The molecule has 6 heteroatoms. The Labute approximate surface area is 122 Å². The minimum atomic E-state index is -1.01. The van der Waals surface area contributed by atoms with Gasteiger partial charge in [0.15, 0.2) is 0 Å². The monoisotopic (exact) mass is 296 g/mol. The Morgan fingerprint density at radius 1 is 1.50 bits per heavy atom. The summed E-state index contributed by atoms with van der Waals surface area (Å²) in [6, 6.07) is 3.88. The summed E-state index contributed by atoms with van der Waals surface area (Å²) >= 11 is 6.24. The van der Waals surface area contributed by atoms with Gasteiger partial charge in [0.05, 0.1) is 5.54 Å². The average Bonchev–Trinajstić information content (AvgIpc) is 2.99. The molecule has 1 fully saturated rings. The van der Waals surface area contributed by atoms with E-state index in [1.807, 2.05) is 6.07 Å². The third kappa shape index (κ3) is 2.69. The van der Waals surface area contributed by atoms with Crippen molar-refractivity contribution in [3.05, 3.63) is 28.3 Å². The van der Waals surface area contributed by atoms with E-state index in [0.29, 0.717) is 17.4 Å². The summed E-state index contributed by atoms with van der Waals surface area (Å²) in [7, 11) is 0. The molecule has 108 valence electrons. The molecule has 2 aliphatic carbocycles. The van der Waals surface area contributed by atoms with Crippen LogP contribution in [-0.4, -0.2) is 29.4 Å². The van der Waals surface area contributed by atoms with Crippen LogP contribution in [0.4, 0.5) is 4.79 Å². The normalized spacial score (nSPS) is 22.2. The zero-order chi connectivity index (χ0) is 14.3. The van der Waals surface area contributed by atoms with Crippen LogP contribution in [0, 0.1) is 0 Å². The largest absolute Gasteiger partial charge is 0.491 e. The third-order valence-electron chi connectivity index (χ3n) is 3.95. The Morgan fingerprint density at radius 2 is 2.25 bits per heavy atom. The first kappa shape index (κ1) is 13.5. The molecule has 0 radical (unpaired) electrons. The Hall–Kier alpha value is -1.46. The number of ether oxygens (including phenoxy) is 1. The first-order valence-corrected chi connectivity index (χ1v) is 7.06. The Bertz CT molecular complexity index is 558. The van der Waals surface area contributed by atoms with Gasteiger partial charge in [0.2, 0.25) is 0 Å². The summed E-state index contributed by atoms with van der Waals surface area (Å²) in [6.45, 7) is 0.334. The molecule has 1 aromatic carbocycles. The fourth-order valence-corrected chi connectivity index (χ4v) is 2.99. The molecule has 5 nitrogen and oxygen atoms in total. The van der Waals surface area contributed by atoms with Crippen LogP contribution in [0.1, 0.15) is 24.0 Å². The number of hydrogen-bond donors (Lipinski definition) is 3. The van der Waals surface area contributed by atoms with Crippen LogP contribution in [-0.2, 0) is 12.8 Å². The van der Waals surface area contributed by atoms with Gasteiger partial charge < -0.3 is 20.9 Å². The molecule has 0 saturated heterocycles. The number of carboxylic acid groups (broad SMARTS) is 1. The Balaban J connectivity index is 1.69. The predicted molar refractivity (Wildman–Crippen MR) is 75.5 cm³/mol. The smallest absolute Gasteiger partial charge is 0.405 e. The van der Waals surface area contributed by atoms with Gasteiger partial charge in [-0.1, -0.05) is 11.6 Å². The van der Waals surface area contributed by atoms with Gasteiger partial charge in [-0.15, -0.1) is 0 Å². The number of rotatable bonds is 4. The van der Waals surface area contributed by atoms with E-state index in [1.54, 1.807) is 6.07 Å². The van der Waals surface area contributed by atoms with E-state index >= 15 is 0 Å². The second-order valence-electron chi connectivity index (χ2n) is 5.71. The summed E-state index contributed by atoms with van der Waals surface area (Å²) in [5, 5.41) is 12.0. The molecule has 4 N–H and O–H groups in total. The van der Waals surface area contributed by atoms with E-state index < -0.39 is 11.6 Å². The molecule has 1 aromatic rings. The second-order valence-corrected chi connectivity index (χ2v) is 6.12. The molecule has 0 heterocycles. The van der Waals surface area contributed by atoms with Crippen LogP contribution in [0.3, 0.4) is 0 Å². The van der Waals surface area contributed by atoms with Crippen LogP contribution < -0.4 is 15.8 Å². The van der Waals surface area contributed by atoms with Gasteiger partial charge >= 0.3 is 6.09 Å². The van der Waals surface area contributed by atoms with Crippen molar-refractivity contribution in [3.8, 4) is 5.75 Å². The number of hydrogen-bond acceptors (Lipinski definition) is 3. The molecule has 1 atom stereocenters. The molecule has 3 rings (SSSR count). The molecule has 1 unspecified atom stereocenters. The molecule has 0 aliphatic heterocycles. The first-order chi connectivity index (χ1) is 9.47. The highest BCUT2D eigenvalue weighted by molar-refractivity contribution is 6.31. The van der Waals surface area contributed by atoms with Crippen molar-refractivity contribution in [2.45, 2.75) is 37.3 Å². The first-order valence-electron chi connectivity index (χ1n) is 6.68. The fourth-order valence-electron chi connectivity index (χ4n) is 2.68. The molecule has 0 spiro atoms. The number of amides is 1. The summed E-state index contributed by atoms with van der Waals surface area (Å²) in [6.07, 6.45) is 2.22. The van der Waals surface area contributed by atoms with Gasteiger partial charge in [0.25, 0.3) is 0 Å². The molecule has 1 saturated carbocycles. The standard InChI is InChI=1S/C14H17ClN2O3/c15-12-6-10(4-8-3-9(16)5-11(8)12)20-7-14(1-2-14)17-13(18)19/h4,6,9,17H,1-3,5,7,16H2,(H,18,19). The fraction of sp³-hybridized carbons (Fsp3) is 0.500. The lowest BCUT2D eigenvalue weighted by Crippen LogP contribution is -2.40. The summed E-state index contributed by atoms with van der Waals surface area (Å²) in [5.74, 6) is 0.682. The van der Waals surface area contributed by atoms with E-state index in [9.17, 15) is 4.79 Å². The van der Waals surface area contributed by atoms with E-state index in [0.717, 1.165) is 36.8 Å². The van der Waals surface area contributed by atoms with E-state index in [2.05, 4.69) is 5.32 Å². The highest BCUT2D eigenvalue weighted by Crippen LogP contribution is 2.37. The lowest BCUT2D eigenvalue weighted by molar-refractivity contribution is 0.177. The number of nitrogens with two attached hydrogens (primary N) is 1. The van der Waals surface area contributed by atoms with Crippen molar-refractivity contribution in [1.29, 1.82) is 0 Å². The number of benzene rings is 1. The average molecular weight is 297 g/mol. The van der Waals surface area contributed by atoms with Crippen LogP contribution in [0.25, 0.3) is 0 Å². The molecular formula is C14H17ClN2O3. The predicted octanol–water partition coefficient (Wildman–Crippen LogP) is 1.94. The van der Waals surface area contributed by atoms with Crippen molar-refractivity contribution >= 4 is 17.7 Å². The van der Waals surface area contributed by atoms with Gasteiger partial charge in [0, 0.05) is 11.1 Å². The molecule has 0 bridgehead atoms. The Morgan fingerprint density at radius 3 is 2.90 bits per heavy atom. The molecule has 1 amide bonds. The highest BCUT2D eigenvalue weighted by Gasteiger charge is 2.45. The van der Waals surface area contributed by atoms with Crippen molar-refractivity contribution in [3.63, 3.8) is 0 Å². The zero-order valence-corrected chi connectivity index (χ0v) is 11.7. The van der Waals surface area contributed by atoms with Crippen LogP contribution in [0.2, 0.25) is 5.02 Å². The molecule has 20 heavy (non-hydrogen) atoms. The van der Waals surface area contributed by atoms with Gasteiger partial charge in [0.1, 0.15) is 12.4 Å². The minimum absolute atomic E-state index is 0.126. The summed E-state index contributed by atoms with van der Waals surface area (Å²) in [5.41, 5.74) is 7.76. The maximum absolute atomic E-state index is 10.7. The van der Waals surface area contributed by atoms with Gasteiger partial charge in [-0.05, 0) is 48.9 Å². The molecule has 0 aromatic heterocycles. The van der Waals surface area contributed by atoms with Crippen LogP contribution >= 0.6 is 11.6 Å². The van der Waals surface area contributed by atoms with E-state index in [1.165, 1.54) is 0 Å². The Kier molecular flexibility index (Phi) is 3.26. The number of halogens is 1. The van der Waals surface area contributed by atoms with Gasteiger partial charge in [-0.25, -0.2) is 4.79 Å². The van der Waals surface area contributed by atoms with Crippen LogP contribution in [0.5, 0.6) is 5.75 Å². The quantitative estimate of drug-likeness (QED) is 0.793. The van der Waals surface area contributed by atoms with Crippen molar-refractivity contribution in [2.75, 3.05) is 6.61 Å². The maximum atomic E-state index is 10.7. The summed E-state index contributed by atoms with van der Waals surface area (Å²) < 4.78 is 5.72. The second kappa shape index (κ2) is 4.82. The summed E-state index contributed by atoms with van der Waals surface area (Å²) in [4.78, 5) is 10.7. The van der Waals surface area contributed by atoms with Crippen molar-refractivity contribution in [1.82, 2.24) is 5.32 Å². The lowest BCUT2D eigenvalue weighted by atomic mass is 10.1. The van der Waals surface area contributed by atoms with Gasteiger partial charge in [-0.2, -0.15) is 0 Å². The van der Waals surface area contributed by atoms with E-state index in [4.69, 9.17) is 27.2 Å². The number of nitrogens with one attached hydrogen (secondary N) is 1. The zero-order valence-electron chi connectivity index (χ0n) is 11.0. The molecular weight excluding hydrogens is 280 g/mol. The van der Waals surface area contributed by atoms with Crippen molar-refractivity contribution < 1.29 is 14.6 Å². The lowest BCUT2D eigenvalue weighted by Gasteiger charge is -2.17. The SMILES string of the molecule is NC1Cc2cc(OCC3(NC(=O)O)CC3)cc(Cl)c2C1. The van der Waals surface area contributed by atoms with Crippen molar-refractivity contribution in [2.24, 2.45) is 5.73 Å². The highest BCUT2D eigenvalue weighted by atomic mass is 35.5. The number of carbonyl (C=O) groups is 1. The number of fused-ring (bicyclic) bond motifs is 1. The van der Waals surface area contributed by atoms with Gasteiger partial charge in [-0.3, -0.25) is 0 Å².